The molecular formula is C28H31F2N3O5S. The monoisotopic (exact) mass is 559 g/mol. The van der Waals surface area contributed by atoms with Crippen molar-refractivity contribution in [3.8, 4) is 0 Å². The summed E-state index contributed by atoms with van der Waals surface area (Å²) in [5.74, 6) is -2.34. The van der Waals surface area contributed by atoms with E-state index in [2.05, 4.69) is 4.98 Å². The number of nitrogens with zero attached hydrogens (tertiary/aromatic N) is 3. The molecule has 2 saturated heterocycles. The number of benzene rings is 2. The summed E-state index contributed by atoms with van der Waals surface area (Å²) in [6.07, 6.45) is 4.20. The lowest BCUT2D eigenvalue weighted by Crippen LogP contribution is -2.38. The molecule has 0 bridgehead atoms. The van der Waals surface area contributed by atoms with Gasteiger partial charge >= 0.3 is 0 Å². The average Bonchev–Trinajstić information content (AvgIpc) is 3.69. The Hall–Kier alpha value is -3.15. The maximum Gasteiger partial charge on any atom is 0.257 e. The summed E-state index contributed by atoms with van der Waals surface area (Å²) >= 11 is 0. The van der Waals surface area contributed by atoms with Crippen LogP contribution < -0.4 is 0 Å². The maximum absolute atomic E-state index is 14.6. The van der Waals surface area contributed by atoms with Gasteiger partial charge in [0.2, 0.25) is 15.0 Å². The van der Waals surface area contributed by atoms with Crippen molar-refractivity contribution in [2.75, 3.05) is 19.8 Å². The van der Waals surface area contributed by atoms with E-state index in [0.717, 1.165) is 25.7 Å². The van der Waals surface area contributed by atoms with Gasteiger partial charge in [-0.3, -0.25) is 4.79 Å². The van der Waals surface area contributed by atoms with E-state index in [1.165, 1.54) is 47.5 Å². The van der Waals surface area contributed by atoms with Crippen molar-refractivity contribution in [3.63, 3.8) is 0 Å². The van der Waals surface area contributed by atoms with Gasteiger partial charge in [-0.2, -0.15) is 0 Å². The highest BCUT2D eigenvalue weighted by atomic mass is 32.2. The molecule has 1 aromatic heterocycles. The van der Waals surface area contributed by atoms with Gasteiger partial charge in [-0.15, -0.1) is 0 Å². The number of imidazole rings is 1. The Bertz CT molecular complexity index is 1420. The van der Waals surface area contributed by atoms with Gasteiger partial charge in [-0.05, 0) is 43.9 Å². The van der Waals surface area contributed by atoms with Crippen molar-refractivity contribution >= 4 is 15.7 Å². The average molecular weight is 560 g/mol. The first kappa shape index (κ1) is 27.4. The predicted molar refractivity (Wildman–Crippen MR) is 139 cm³/mol. The van der Waals surface area contributed by atoms with Crippen LogP contribution in [0.3, 0.4) is 0 Å². The molecule has 39 heavy (non-hydrogen) atoms. The summed E-state index contributed by atoms with van der Waals surface area (Å²) in [4.78, 5) is 19.2. The Morgan fingerprint density at radius 1 is 0.974 bits per heavy atom. The highest BCUT2D eigenvalue weighted by Gasteiger charge is 2.31. The largest absolute Gasteiger partial charge is 0.376 e. The van der Waals surface area contributed by atoms with Crippen molar-refractivity contribution in [3.05, 3.63) is 83.2 Å². The minimum atomic E-state index is -4.06. The van der Waals surface area contributed by atoms with Gasteiger partial charge in [-0.25, -0.2) is 22.2 Å². The molecule has 5 rings (SSSR count). The number of hydrogen-bond donors (Lipinski definition) is 0. The first-order valence-corrected chi connectivity index (χ1v) is 14.7. The van der Waals surface area contributed by atoms with Crippen LogP contribution in [0.25, 0.3) is 0 Å². The Kier molecular flexibility index (Phi) is 8.39. The van der Waals surface area contributed by atoms with Gasteiger partial charge in [-0.1, -0.05) is 30.3 Å². The molecule has 208 valence electrons. The summed E-state index contributed by atoms with van der Waals surface area (Å²) in [5.41, 5.74) is 0.425. The van der Waals surface area contributed by atoms with Gasteiger partial charge in [0.15, 0.2) is 0 Å². The van der Waals surface area contributed by atoms with Gasteiger partial charge in [0, 0.05) is 25.3 Å². The topological polar surface area (TPSA) is 90.7 Å². The number of carbonyl (C=O) groups excluding carboxylic acids is 1. The zero-order valence-electron chi connectivity index (χ0n) is 21.5. The summed E-state index contributed by atoms with van der Waals surface area (Å²) < 4.78 is 68.9. The normalized spacial score (nSPS) is 19.4. The van der Waals surface area contributed by atoms with Crippen LogP contribution in [0.5, 0.6) is 0 Å². The molecule has 8 nitrogen and oxygen atoms in total. The van der Waals surface area contributed by atoms with Crippen LogP contribution in [-0.2, 0) is 38.2 Å². The minimum Gasteiger partial charge on any atom is -0.376 e. The Balaban J connectivity index is 1.49. The third kappa shape index (κ3) is 6.37. The molecule has 0 spiro atoms. The van der Waals surface area contributed by atoms with Gasteiger partial charge in [0.1, 0.15) is 11.6 Å². The summed E-state index contributed by atoms with van der Waals surface area (Å²) in [7, 11) is -4.06. The lowest BCUT2D eigenvalue weighted by Gasteiger charge is -2.27. The van der Waals surface area contributed by atoms with E-state index < -0.39 is 33.1 Å². The number of rotatable bonds is 10. The van der Waals surface area contributed by atoms with E-state index in [1.807, 2.05) is 0 Å². The molecule has 1 amide bonds. The van der Waals surface area contributed by atoms with E-state index >= 15 is 0 Å². The van der Waals surface area contributed by atoms with E-state index in [9.17, 15) is 22.0 Å². The third-order valence-corrected chi connectivity index (χ3v) is 8.66. The molecule has 2 atom stereocenters. The number of amides is 1. The predicted octanol–water partition coefficient (Wildman–Crippen LogP) is 4.14. The number of sulfone groups is 1. The molecule has 0 unspecified atom stereocenters. The van der Waals surface area contributed by atoms with Crippen LogP contribution in [0.2, 0.25) is 0 Å². The number of halogens is 2. The van der Waals surface area contributed by atoms with Crippen LogP contribution in [-0.4, -0.2) is 60.7 Å². The lowest BCUT2D eigenvalue weighted by molar-refractivity contribution is 0.0493. The molecule has 0 N–H and O–H groups in total. The van der Waals surface area contributed by atoms with E-state index in [4.69, 9.17) is 9.47 Å². The van der Waals surface area contributed by atoms with Crippen LogP contribution >= 0.6 is 0 Å². The van der Waals surface area contributed by atoms with Gasteiger partial charge in [0.25, 0.3) is 5.91 Å². The molecule has 0 radical (unpaired) electrons. The lowest BCUT2D eigenvalue weighted by atomic mass is 10.1. The molecule has 2 aliphatic rings. The summed E-state index contributed by atoms with van der Waals surface area (Å²) in [5, 5.41) is -0.216. The minimum absolute atomic E-state index is 0.0119. The molecule has 0 saturated carbocycles. The molecule has 3 aromatic rings. The van der Waals surface area contributed by atoms with Crippen LogP contribution in [0.15, 0.2) is 59.9 Å². The van der Waals surface area contributed by atoms with Gasteiger partial charge < -0.3 is 18.9 Å². The second-order valence-electron chi connectivity index (χ2n) is 9.93. The number of aromatic nitrogens is 2. The fourth-order valence-corrected chi connectivity index (χ4v) is 6.61. The van der Waals surface area contributed by atoms with Crippen molar-refractivity contribution in [2.24, 2.45) is 0 Å². The zero-order valence-corrected chi connectivity index (χ0v) is 22.3. The number of ether oxygens (including phenoxy) is 2. The van der Waals surface area contributed by atoms with Crippen molar-refractivity contribution in [2.45, 2.75) is 61.9 Å². The number of hydrogen-bond acceptors (Lipinski definition) is 6. The Morgan fingerprint density at radius 2 is 1.64 bits per heavy atom. The standard InChI is InChI=1S/C28H31F2N3O5S/c29-25-11-3-1-7-20(25)19-39(35,36)28-31-15-21(33(28)18-23-9-6-14-38-23)16-32(17-22-8-5-13-37-22)27(34)24-10-2-4-12-26(24)30/h1-4,7,10-12,15,22-23H,5-6,8-9,13-14,16-19H2/t22-,23-/m0/s1. The van der Waals surface area contributed by atoms with E-state index in [-0.39, 0.29) is 48.1 Å². The first-order chi connectivity index (χ1) is 18.8. The fourth-order valence-electron chi connectivity index (χ4n) is 5.09. The first-order valence-electron chi connectivity index (χ1n) is 13.1. The SMILES string of the molecule is O=C(c1ccccc1F)N(Cc1cnc(S(=O)(=O)Cc2ccccc2F)n1C[C@@H]1CCCO1)C[C@@H]1CCCO1. The maximum atomic E-state index is 14.6. The molecule has 2 fully saturated rings. The van der Waals surface area contributed by atoms with Crippen LogP contribution in [0, 0.1) is 11.6 Å². The van der Waals surface area contributed by atoms with Crippen molar-refractivity contribution in [1.29, 1.82) is 0 Å². The summed E-state index contributed by atoms with van der Waals surface area (Å²) in [6.45, 7) is 1.57. The molecule has 0 aliphatic carbocycles. The molecule has 2 aromatic carbocycles. The fraction of sp³-hybridized carbons (Fsp3) is 0.429. The smallest absolute Gasteiger partial charge is 0.257 e. The quantitative estimate of drug-likeness (QED) is 0.371. The van der Waals surface area contributed by atoms with E-state index in [0.29, 0.717) is 18.9 Å². The van der Waals surface area contributed by atoms with E-state index in [1.54, 1.807) is 16.7 Å². The molecule has 3 heterocycles. The number of carbonyl (C=O) groups is 1. The highest BCUT2D eigenvalue weighted by Crippen LogP contribution is 2.25. The second kappa shape index (κ2) is 11.9. The molecule has 2 aliphatic heterocycles. The zero-order chi connectivity index (χ0) is 27.4. The van der Waals surface area contributed by atoms with Crippen molar-refractivity contribution in [1.82, 2.24) is 14.5 Å². The highest BCUT2D eigenvalue weighted by molar-refractivity contribution is 7.90. The van der Waals surface area contributed by atoms with Crippen LogP contribution in [0.4, 0.5) is 8.78 Å². The second-order valence-corrected chi connectivity index (χ2v) is 11.8. The molecule has 11 heteroatoms. The summed E-state index contributed by atoms with van der Waals surface area (Å²) in [6, 6.07) is 11.5. The van der Waals surface area contributed by atoms with Crippen LogP contribution in [0.1, 0.15) is 47.3 Å². The Morgan fingerprint density at radius 3 is 2.31 bits per heavy atom. The van der Waals surface area contributed by atoms with Gasteiger partial charge in [0.05, 0.1) is 48.5 Å². The molecular weight excluding hydrogens is 528 g/mol. The Labute approximate surface area is 226 Å². The van der Waals surface area contributed by atoms with Crippen molar-refractivity contribution < 1.29 is 31.5 Å². The third-order valence-electron chi connectivity index (χ3n) is 7.09.